The van der Waals surface area contributed by atoms with Crippen molar-refractivity contribution >= 4 is 39.5 Å². The number of hydrogen-bond donors (Lipinski definition) is 3. The minimum absolute atomic E-state index is 0.107. The third kappa shape index (κ3) is 70.5. The molecule has 570 valence electrons. The van der Waals surface area contributed by atoms with Gasteiger partial charge in [0.1, 0.15) is 19.3 Å². The number of carbonyl (C=O) groups is 4. The van der Waals surface area contributed by atoms with Gasteiger partial charge < -0.3 is 33.8 Å². The van der Waals surface area contributed by atoms with E-state index in [2.05, 4.69) is 27.7 Å². The molecule has 2 unspecified atom stereocenters. The molecule has 0 aromatic rings. The Morgan fingerprint density at radius 3 is 0.615 bits per heavy atom. The van der Waals surface area contributed by atoms with E-state index in [4.69, 9.17) is 37.0 Å². The largest absolute Gasteiger partial charge is 0.472 e. The van der Waals surface area contributed by atoms with E-state index in [0.717, 1.165) is 103 Å². The number of phosphoric acid groups is 2. The van der Waals surface area contributed by atoms with E-state index in [1.807, 2.05) is 0 Å². The SMILES string of the molecule is CCCCCCCCCCCCCCCCCCCCCCCCC(=O)O[C@H](COC(=O)CCCCCCCCCCCCCCCCCC)COP(=O)(O)OC[C@@H](O)COP(=O)(O)OC[C@@H](COC(=O)CCCCCCCCC)OC(=O)CCCCCCCCCCCCC. The number of aliphatic hydroxyl groups excluding tert-OH is 1. The first kappa shape index (κ1) is 94.1. The molecule has 0 aromatic carbocycles. The van der Waals surface area contributed by atoms with Gasteiger partial charge in [-0.25, -0.2) is 9.13 Å². The lowest BCUT2D eigenvalue weighted by Crippen LogP contribution is -2.30. The van der Waals surface area contributed by atoms with Gasteiger partial charge in [-0.05, 0) is 25.7 Å². The summed E-state index contributed by atoms with van der Waals surface area (Å²) in [6.07, 6.45) is 62.7. The van der Waals surface area contributed by atoms with Crippen LogP contribution < -0.4 is 0 Å². The fourth-order valence-electron chi connectivity index (χ4n) is 11.9. The molecule has 0 fully saturated rings. The van der Waals surface area contributed by atoms with Crippen molar-refractivity contribution in [2.75, 3.05) is 39.6 Å². The van der Waals surface area contributed by atoms with Crippen LogP contribution in [-0.4, -0.2) is 96.7 Å². The van der Waals surface area contributed by atoms with E-state index in [1.165, 1.54) is 231 Å². The van der Waals surface area contributed by atoms with Gasteiger partial charge in [0.25, 0.3) is 0 Å². The summed E-state index contributed by atoms with van der Waals surface area (Å²) in [5.41, 5.74) is 0. The van der Waals surface area contributed by atoms with Crippen LogP contribution in [0, 0.1) is 0 Å². The van der Waals surface area contributed by atoms with Crippen LogP contribution in [0.2, 0.25) is 0 Å². The summed E-state index contributed by atoms with van der Waals surface area (Å²) >= 11 is 0. The Morgan fingerprint density at radius 2 is 0.417 bits per heavy atom. The van der Waals surface area contributed by atoms with Gasteiger partial charge in [-0.3, -0.25) is 37.3 Å². The number of phosphoric ester groups is 2. The number of rotatable bonds is 78. The number of hydrogen-bond acceptors (Lipinski definition) is 15. The standard InChI is InChI=1S/C77H150O17P2/c1-5-9-13-17-21-24-27-29-31-33-34-35-36-37-38-40-42-45-48-52-56-60-64-77(82)94-73(68-88-75(80)62-58-54-50-46-44-41-39-32-30-28-25-22-18-14-10-6-2)70-92-96(85,86)90-66-71(78)65-89-95(83,84)91-69-72(67-87-74(79)61-57-53-49-20-16-12-8-4)93-76(81)63-59-55-51-47-43-26-23-19-15-11-7-3/h71-73,78H,5-70H2,1-4H3,(H,83,84)(H,85,86)/t71-,72+,73+/m0/s1. The summed E-state index contributed by atoms with van der Waals surface area (Å²) in [6.45, 7) is 4.95. The zero-order valence-electron chi connectivity index (χ0n) is 62.4. The first-order valence-corrected chi connectivity index (χ1v) is 43.3. The van der Waals surface area contributed by atoms with Gasteiger partial charge in [0, 0.05) is 25.7 Å². The normalized spacial score (nSPS) is 13.9. The maximum atomic E-state index is 13.1. The van der Waals surface area contributed by atoms with Crippen molar-refractivity contribution in [3.8, 4) is 0 Å². The number of aliphatic hydroxyl groups is 1. The van der Waals surface area contributed by atoms with Crippen molar-refractivity contribution in [3.05, 3.63) is 0 Å². The first-order chi connectivity index (χ1) is 46.7. The van der Waals surface area contributed by atoms with Crippen LogP contribution in [0.1, 0.15) is 413 Å². The minimum atomic E-state index is -4.96. The highest BCUT2D eigenvalue weighted by Crippen LogP contribution is 2.45. The van der Waals surface area contributed by atoms with E-state index < -0.39 is 97.5 Å². The highest BCUT2D eigenvalue weighted by molar-refractivity contribution is 7.47. The lowest BCUT2D eigenvalue weighted by molar-refractivity contribution is -0.161. The van der Waals surface area contributed by atoms with E-state index in [-0.39, 0.29) is 25.7 Å². The molecule has 0 aromatic heterocycles. The molecule has 5 atom stereocenters. The van der Waals surface area contributed by atoms with Crippen molar-refractivity contribution in [3.63, 3.8) is 0 Å². The van der Waals surface area contributed by atoms with Crippen LogP contribution in [0.5, 0.6) is 0 Å². The molecule has 0 saturated carbocycles. The van der Waals surface area contributed by atoms with Gasteiger partial charge in [-0.15, -0.1) is 0 Å². The average molecular weight is 1410 g/mol. The topological polar surface area (TPSA) is 237 Å². The summed E-state index contributed by atoms with van der Waals surface area (Å²) in [7, 11) is -9.90. The fourth-order valence-corrected chi connectivity index (χ4v) is 13.5. The van der Waals surface area contributed by atoms with Crippen molar-refractivity contribution in [1.29, 1.82) is 0 Å². The Morgan fingerprint density at radius 1 is 0.250 bits per heavy atom. The molecule has 0 rings (SSSR count). The molecule has 0 spiro atoms. The molecule has 3 N–H and O–H groups in total. The summed E-state index contributed by atoms with van der Waals surface area (Å²) in [5, 5.41) is 10.6. The molecule has 96 heavy (non-hydrogen) atoms. The number of unbranched alkanes of at least 4 members (excludes halogenated alkanes) is 52. The second-order valence-corrected chi connectivity index (χ2v) is 30.7. The second kappa shape index (κ2) is 71.5. The minimum Gasteiger partial charge on any atom is -0.462 e. The summed E-state index contributed by atoms with van der Waals surface area (Å²) in [5.74, 6) is -2.12. The third-order valence-electron chi connectivity index (χ3n) is 18.1. The van der Waals surface area contributed by atoms with E-state index in [1.54, 1.807) is 0 Å². The maximum absolute atomic E-state index is 13.1. The average Bonchev–Trinajstić information content (AvgIpc) is 1.30. The molecule has 0 aliphatic carbocycles. The predicted octanol–water partition coefficient (Wildman–Crippen LogP) is 23.0. The van der Waals surface area contributed by atoms with Crippen LogP contribution >= 0.6 is 15.6 Å². The smallest absolute Gasteiger partial charge is 0.462 e. The van der Waals surface area contributed by atoms with Gasteiger partial charge >= 0.3 is 39.5 Å². The van der Waals surface area contributed by atoms with Gasteiger partial charge in [0.05, 0.1) is 26.4 Å². The Labute approximate surface area is 588 Å². The molecule has 0 aliphatic rings. The summed E-state index contributed by atoms with van der Waals surface area (Å²) in [6, 6.07) is 0. The lowest BCUT2D eigenvalue weighted by Gasteiger charge is -2.21. The summed E-state index contributed by atoms with van der Waals surface area (Å²) in [4.78, 5) is 72.6. The first-order valence-electron chi connectivity index (χ1n) is 40.3. The van der Waals surface area contributed by atoms with Crippen LogP contribution in [0.25, 0.3) is 0 Å². The lowest BCUT2D eigenvalue weighted by atomic mass is 10.0. The van der Waals surface area contributed by atoms with E-state index in [9.17, 15) is 43.2 Å². The predicted molar refractivity (Wildman–Crippen MR) is 391 cm³/mol. The third-order valence-corrected chi connectivity index (χ3v) is 20.0. The van der Waals surface area contributed by atoms with Crippen LogP contribution in [0.4, 0.5) is 0 Å². The fraction of sp³-hybridized carbons (Fsp3) is 0.948. The zero-order valence-corrected chi connectivity index (χ0v) is 64.1. The second-order valence-electron chi connectivity index (χ2n) is 27.7. The van der Waals surface area contributed by atoms with Crippen LogP contribution in [0.15, 0.2) is 0 Å². The number of esters is 4. The highest BCUT2D eigenvalue weighted by atomic mass is 31.2. The highest BCUT2D eigenvalue weighted by Gasteiger charge is 2.30. The van der Waals surface area contributed by atoms with E-state index in [0.29, 0.717) is 25.7 Å². The number of carbonyl (C=O) groups excluding carboxylic acids is 4. The quantitative estimate of drug-likeness (QED) is 0.0222. The molecule has 0 aliphatic heterocycles. The summed E-state index contributed by atoms with van der Waals surface area (Å²) < 4.78 is 68.4. The van der Waals surface area contributed by atoms with Gasteiger partial charge in [-0.1, -0.05) is 362 Å². The Bertz CT molecular complexity index is 1830. The van der Waals surface area contributed by atoms with Crippen molar-refractivity contribution < 1.29 is 80.2 Å². The molecular weight excluding hydrogens is 1260 g/mol. The number of ether oxygens (including phenoxy) is 4. The molecule has 19 heteroatoms. The molecule has 0 heterocycles. The molecule has 0 radical (unpaired) electrons. The van der Waals surface area contributed by atoms with Crippen molar-refractivity contribution in [1.82, 2.24) is 0 Å². The Kier molecular flexibility index (Phi) is 70.0. The Hall–Kier alpha value is -1.94. The van der Waals surface area contributed by atoms with Gasteiger partial charge in [0.2, 0.25) is 0 Å². The molecule has 17 nitrogen and oxygen atoms in total. The molecular formula is C77H150O17P2. The molecule has 0 bridgehead atoms. The molecule has 0 saturated heterocycles. The monoisotopic (exact) mass is 1410 g/mol. The van der Waals surface area contributed by atoms with E-state index >= 15 is 0 Å². The van der Waals surface area contributed by atoms with Crippen molar-refractivity contribution in [2.24, 2.45) is 0 Å². The molecule has 0 amide bonds. The van der Waals surface area contributed by atoms with Gasteiger partial charge in [0.15, 0.2) is 12.2 Å². The Balaban J connectivity index is 5.14. The van der Waals surface area contributed by atoms with Gasteiger partial charge in [-0.2, -0.15) is 0 Å². The van der Waals surface area contributed by atoms with Crippen LogP contribution in [-0.2, 0) is 65.4 Å². The van der Waals surface area contributed by atoms with Crippen LogP contribution in [0.3, 0.4) is 0 Å². The zero-order chi connectivity index (χ0) is 70.4. The maximum Gasteiger partial charge on any atom is 0.472 e. The van der Waals surface area contributed by atoms with Crippen molar-refractivity contribution in [2.45, 2.75) is 431 Å².